The van der Waals surface area contributed by atoms with E-state index in [1.54, 1.807) is 7.05 Å². The van der Waals surface area contributed by atoms with Crippen LogP contribution in [0.2, 0.25) is 0 Å². The predicted octanol–water partition coefficient (Wildman–Crippen LogP) is 4.97. The Kier molecular flexibility index (Phi) is 3.63. The first-order chi connectivity index (χ1) is 9.61. The van der Waals surface area contributed by atoms with E-state index in [9.17, 15) is 8.78 Å². The number of pyridine rings is 1. The Bertz CT molecular complexity index is 667. The Labute approximate surface area is 124 Å². The van der Waals surface area contributed by atoms with Crippen LogP contribution in [0.15, 0.2) is 16.6 Å². The standard InChI is InChI=1S/C15H15BrF2N2/c1-19-12-7-11(8-4-2-3-5-8)20-15-10(17)6-9(16)14(18)13(12)15/h6-8H,2-5H2,1H3,(H,19,20). The van der Waals surface area contributed by atoms with Crippen LogP contribution < -0.4 is 5.32 Å². The number of fused-ring (bicyclic) bond motifs is 1. The van der Waals surface area contributed by atoms with Crippen molar-refractivity contribution >= 4 is 32.5 Å². The molecule has 5 heteroatoms. The van der Waals surface area contributed by atoms with E-state index in [1.165, 1.54) is 12.8 Å². The smallest absolute Gasteiger partial charge is 0.150 e. The van der Waals surface area contributed by atoms with Crippen molar-refractivity contribution in [3.8, 4) is 0 Å². The summed E-state index contributed by atoms with van der Waals surface area (Å²) in [5.74, 6) is -0.613. The third-order valence-corrected chi connectivity index (χ3v) is 4.57. The minimum absolute atomic E-state index is 0.111. The minimum Gasteiger partial charge on any atom is -0.387 e. The van der Waals surface area contributed by atoms with Crippen LogP contribution in [-0.2, 0) is 0 Å². The molecule has 0 aliphatic heterocycles. The van der Waals surface area contributed by atoms with Crippen LogP contribution in [0.3, 0.4) is 0 Å². The molecule has 0 radical (unpaired) electrons. The second-order valence-corrected chi connectivity index (χ2v) is 6.06. The highest BCUT2D eigenvalue weighted by molar-refractivity contribution is 9.10. The Morgan fingerprint density at radius 2 is 1.95 bits per heavy atom. The molecule has 0 bridgehead atoms. The Morgan fingerprint density at radius 1 is 1.25 bits per heavy atom. The number of hydrogen-bond donors (Lipinski definition) is 1. The van der Waals surface area contributed by atoms with Crippen LogP contribution in [0.5, 0.6) is 0 Å². The molecule has 1 N–H and O–H groups in total. The minimum atomic E-state index is -0.496. The summed E-state index contributed by atoms with van der Waals surface area (Å²) >= 11 is 3.04. The van der Waals surface area contributed by atoms with Crippen LogP contribution in [-0.4, -0.2) is 12.0 Å². The summed E-state index contributed by atoms with van der Waals surface area (Å²) in [6.45, 7) is 0. The van der Waals surface area contributed by atoms with Crippen molar-refractivity contribution in [3.05, 3.63) is 33.9 Å². The third kappa shape index (κ3) is 2.18. The molecule has 0 amide bonds. The second-order valence-electron chi connectivity index (χ2n) is 5.20. The molecular weight excluding hydrogens is 326 g/mol. The number of nitrogens with zero attached hydrogens (tertiary/aromatic N) is 1. The van der Waals surface area contributed by atoms with Crippen molar-refractivity contribution < 1.29 is 8.78 Å². The summed E-state index contributed by atoms with van der Waals surface area (Å²) in [6, 6.07) is 3.00. The summed E-state index contributed by atoms with van der Waals surface area (Å²) in [7, 11) is 1.71. The van der Waals surface area contributed by atoms with Gasteiger partial charge in [-0.25, -0.2) is 13.8 Å². The number of anilines is 1. The van der Waals surface area contributed by atoms with Gasteiger partial charge in [0, 0.05) is 24.3 Å². The molecule has 1 saturated carbocycles. The van der Waals surface area contributed by atoms with Crippen LogP contribution in [0.4, 0.5) is 14.5 Å². The van der Waals surface area contributed by atoms with Gasteiger partial charge in [-0.2, -0.15) is 0 Å². The van der Waals surface area contributed by atoms with Gasteiger partial charge in [0.25, 0.3) is 0 Å². The summed E-state index contributed by atoms with van der Waals surface area (Å²) in [4.78, 5) is 4.39. The first kappa shape index (κ1) is 13.7. The second kappa shape index (κ2) is 5.28. The monoisotopic (exact) mass is 340 g/mol. The van der Waals surface area contributed by atoms with Gasteiger partial charge in [-0.15, -0.1) is 0 Å². The zero-order valence-electron chi connectivity index (χ0n) is 11.1. The van der Waals surface area contributed by atoms with Gasteiger partial charge in [0.05, 0.1) is 9.86 Å². The molecule has 106 valence electrons. The number of hydrogen-bond acceptors (Lipinski definition) is 2. The fourth-order valence-corrected chi connectivity index (χ4v) is 3.35. The molecule has 0 atom stereocenters. The Balaban J connectivity index is 2.28. The first-order valence-corrected chi connectivity index (χ1v) is 7.57. The number of halogens is 3. The molecule has 1 aromatic carbocycles. The fourth-order valence-electron chi connectivity index (χ4n) is 2.95. The molecule has 0 spiro atoms. The van der Waals surface area contributed by atoms with Crippen LogP contribution in [0.1, 0.15) is 37.3 Å². The molecular formula is C15H15BrF2N2. The zero-order chi connectivity index (χ0) is 14.3. The van der Waals surface area contributed by atoms with Gasteiger partial charge in [-0.1, -0.05) is 12.8 Å². The SMILES string of the molecule is CNc1cc(C2CCCC2)nc2c(F)cc(Br)c(F)c12. The average Bonchev–Trinajstić information content (AvgIpc) is 2.97. The third-order valence-electron chi connectivity index (χ3n) is 3.99. The lowest BCUT2D eigenvalue weighted by atomic mass is 10.0. The van der Waals surface area contributed by atoms with Gasteiger partial charge in [0.2, 0.25) is 0 Å². The van der Waals surface area contributed by atoms with E-state index in [0.717, 1.165) is 24.6 Å². The molecule has 1 aliphatic carbocycles. The van der Waals surface area contributed by atoms with Crippen molar-refractivity contribution in [3.63, 3.8) is 0 Å². The summed E-state index contributed by atoms with van der Waals surface area (Å²) in [6.07, 6.45) is 4.50. The molecule has 1 aliphatic rings. The fraction of sp³-hybridized carbons (Fsp3) is 0.400. The first-order valence-electron chi connectivity index (χ1n) is 6.77. The molecule has 1 fully saturated rings. The van der Waals surface area contributed by atoms with E-state index in [4.69, 9.17) is 0 Å². The quantitative estimate of drug-likeness (QED) is 0.780. The van der Waals surface area contributed by atoms with Crippen molar-refractivity contribution in [1.82, 2.24) is 4.98 Å². The van der Waals surface area contributed by atoms with Gasteiger partial charge >= 0.3 is 0 Å². The van der Waals surface area contributed by atoms with Gasteiger partial charge in [0.15, 0.2) is 5.82 Å². The Morgan fingerprint density at radius 3 is 2.60 bits per heavy atom. The molecule has 1 heterocycles. The predicted molar refractivity (Wildman–Crippen MR) is 80.1 cm³/mol. The van der Waals surface area contributed by atoms with Crippen molar-refractivity contribution in [1.29, 1.82) is 0 Å². The molecule has 0 unspecified atom stereocenters. The van der Waals surface area contributed by atoms with Crippen LogP contribution >= 0.6 is 15.9 Å². The molecule has 1 aromatic heterocycles. The topological polar surface area (TPSA) is 24.9 Å². The van der Waals surface area contributed by atoms with Crippen molar-refractivity contribution in [2.24, 2.45) is 0 Å². The van der Waals surface area contributed by atoms with Gasteiger partial charge in [-0.3, -0.25) is 0 Å². The maximum atomic E-state index is 14.2. The normalized spacial score (nSPS) is 16.0. The molecule has 2 nitrogen and oxygen atoms in total. The lowest BCUT2D eigenvalue weighted by Gasteiger charge is -2.14. The molecule has 0 saturated heterocycles. The van der Waals surface area contributed by atoms with E-state index in [0.29, 0.717) is 11.6 Å². The summed E-state index contributed by atoms with van der Waals surface area (Å²) < 4.78 is 28.5. The van der Waals surface area contributed by atoms with E-state index < -0.39 is 11.6 Å². The lowest BCUT2D eigenvalue weighted by molar-refractivity contribution is 0.608. The van der Waals surface area contributed by atoms with Gasteiger partial charge < -0.3 is 5.32 Å². The number of rotatable bonds is 2. The van der Waals surface area contributed by atoms with Crippen LogP contribution in [0, 0.1) is 11.6 Å². The van der Waals surface area contributed by atoms with E-state index in [1.807, 2.05) is 6.07 Å². The number of aromatic nitrogens is 1. The highest BCUT2D eigenvalue weighted by Crippen LogP contribution is 2.38. The molecule has 3 rings (SSSR count). The Hall–Kier alpha value is -1.23. The number of nitrogens with one attached hydrogen (secondary N) is 1. The van der Waals surface area contributed by atoms with Crippen LogP contribution in [0.25, 0.3) is 10.9 Å². The highest BCUT2D eigenvalue weighted by Gasteiger charge is 2.22. The van der Waals surface area contributed by atoms with Crippen molar-refractivity contribution in [2.75, 3.05) is 12.4 Å². The lowest BCUT2D eigenvalue weighted by Crippen LogP contribution is -2.03. The molecule has 20 heavy (non-hydrogen) atoms. The summed E-state index contributed by atoms with van der Waals surface area (Å²) in [5.41, 5.74) is 1.56. The van der Waals surface area contributed by atoms with E-state index >= 15 is 0 Å². The highest BCUT2D eigenvalue weighted by atomic mass is 79.9. The van der Waals surface area contributed by atoms with Gasteiger partial charge in [-0.05, 0) is 40.9 Å². The average molecular weight is 341 g/mol. The zero-order valence-corrected chi connectivity index (χ0v) is 12.7. The maximum absolute atomic E-state index is 14.2. The summed E-state index contributed by atoms with van der Waals surface area (Å²) in [5, 5.41) is 3.17. The maximum Gasteiger partial charge on any atom is 0.150 e. The van der Waals surface area contributed by atoms with E-state index in [2.05, 4.69) is 26.2 Å². The number of benzene rings is 1. The van der Waals surface area contributed by atoms with Gasteiger partial charge in [0.1, 0.15) is 11.3 Å². The molecule has 2 aromatic rings. The van der Waals surface area contributed by atoms with E-state index in [-0.39, 0.29) is 15.4 Å². The largest absolute Gasteiger partial charge is 0.387 e. The van der Waals surface area contributed by atoms with Crippen molar-refractivity contribution in [2.45, 2.75) is 31.6 Å².